The van der Waals surface area contributed by atoms with Gasteiger partial charge in [0.2, 0.25) is 0 Å². The maximum absolute atomic E-state index is 10.8. The van der Waals surface area contributed by atoms with Gasteiger partial charge < -0.3 is 5.32 Å². The molecule has 1 aromatic rings. The summed E-state index contributed by atoms with van der Waals surface area (Å²) in [5.74, 6) is -0.00926. The van der Waals surface area contributed by atoms with Crippen molar-refractivity contribution in [2.45, 2.75) is 13.8 Å². The van der Waals surface area contributed by atoms with Crippen molar-refractivity contribution in [1.29, 1.82) is 0 Å². The Morgan fingerprint density at radius 2 is 2.18 bits per heavy atom. The van der Waals surface area contributed by atoms with E-state index < -0.39 is 0 Å². The van der Waals surface area contributed by atoms with E-state index in [1.807, 2.05) is 25.3 Å². The lowest BCUT2D eigenvalue weighted by molar-refractivity contribution is 0.0967. The monoisotopic (exact) mass is 171 g/mol. The van der Waals surface area contributed by atoms with Gasteiger partial charge in [-0.3, -0.25) is 4.79 Å². The topological polar surface area (TPSA) is 29.1 Å². The van der Waals surface area contributed by atoms with Crippen LogP contribution in [0.25, 0.3) is 0 Å². The van der Waals surface area contributed by atoms with Crippen LogP contribution in [0.15, 0.2) is 17.5 Å². The Morgan fingerprint density at radius 1 is 1.55 bits per heavy atom. The van der Waals surface area contributed by atoms with Gasteiger partial charge in [0.05, 0.1) is 4.88 Å². The molecule has 11 heavy (non-hydrogen) atoms. The second-order valence-corrected chi connectivity index (χ2v) is 2.50. The van der Waals surface area contributed by atoms with Gasteiger partial charge in [-0.1, -0.05) is 19.9 Å². The number of carbonyl (C=O) groups excluding carboxylic acids is 1. The van der Waals surface area contributed by atoms with Crippen LogP contribution >= 0.6 is 11.3 Å². The molecule has 0 aliphatic heterocycles. The normalized spacial score (nSPS) is 7.91. The molecule has 1 rings (SSSR count). The lowest BCUT2D eigenvalue weighted by Gasteiger charge is -1.90. The summed E-state index contributed by atoms with van der Waals surface area (Å²) in [5.41, 5.74) is 0. The third-order valence-corrected chi connectivity index (χ3v) is 1.84. The predicted molar refractivity (Wildman–Crippen MR) is 49.1 cm³/mol. The largest absolute Gasteiger partial charge is 0.354 e. The van der Waals surface area contributed by atoms with Gasteiger partial charge in [-0.25, -0.2) is 0 Å². The van der Waals surface area contributed by atoms with Gasteiger partial charge in [-0.2, -0.15) is 0 Å². The van der Waals surface area contributed by atoms with E-state index in [0.717, 1.165) is 4.88 Å². The summed E-state index contributed by atoms with van der Waals surface area (Å²) >= 11 is 1.44. The van der Waals surface area contributed by atoms with E-state index in [0.29, 0.717) is 0 Å². The maximum atomic E-state index is 10.8. The molecule has 0 unspecified atom stereocenters. The molecule has 0 aliphatic rings. The number of amides is 1. The van der Waals surface area contributed by atoms with E-state index in [9.17, 15) is 4.79 Å². The molecule has 0 radical (unpaired) electrons. The summed E-state index contributed by atoms with van der Waals surface area (Å²) in [6.45, 7) is 4.00. The highest BCUT2D eigenvalue weighted by Gasteiger charge is 2.00. The molecule has 0 fully saturated rings. The third kappa shape index (κ3) is 3.18. The highest BCUT2D eigenvalue weighted by molar-refractivity contribution is 7.12. The zero-order chi connectivity index (χ0) is 8.69. The molecular weight excluding hydrogens is 158 g/mol. The van der Waals surface area contributed by atoms with E-state index in [2.05, 4.69) is 5.32 Å². The average Bonchev–Trinajstić information content (AvgIpc) is 2.59. The lowest BCUT2D eigenvalue weighted by atomic mass is 10.4. The van der Waals surface area contributed by atoms with Crippen LogP contribution in [0.2, 0.25) is 0 Å². The Bertz CT molecular complexity index is 194. The minimum Gasteiger partial charge on any atom is -0.354 e. The molecule has 1 heterocycles. The first-order valence-electron chi connectivity index (χ1n) is 3.60. The van der Waals surface area contributed by atoms with Gasteiger partial charge in [0.15, 0.2) is 0 Å². The zero-order valence-electron chi connectivity index (χ0n) is 7.05. The average molecular weight is 171 g/mol. The van der Waals surface area contributed by atoms with Crippen LogP contribution in [0.5, 0.6) is 0 Å². The molecule has 0 spiro atoms. The quantitative estimate of drug-likeness (QED) is 0.689. The molecule has 0 saturated heterocycles. The Morgan fingerprint density at radius 3 is 2.55 bits per heavy atom. The maximum Gasteiger partial charge on any atom is 0.261 e. The Balaban J connectivity index is 0.000000461. The lowest BCUT2D eigenvalue weighted by Crippen LogP contribution is -2.15. The molecular formula is C8H13NOS. The van der Waals surface area contributed by atoms with E-state index in [1.165, 1.54) is 11.3 Å². The molecule has 1 aromatic heterocycles. The first kappa shape index (κ1) is 10.2. The van der Waals surface area contributed by atoms with Crippen LogP contribution in [-0.2, 0) is 0 Å². The molecule has 3 heteroatoms. The SMILES string of the molecule is CC.CNC(=O)c1cccs1. The Hall–Kier alpha value is -0.830. The summed E-state index contributed by atoms with van der Waals surface area (Å²) in [7, 11) is 1.63. The van der Waals surface area contributed by atoms with Crippen molar-refractivity contribution < 1.29 is 4.79 Å². The fourth-order valence-corrected chi connectivity index (χ4v) is 1.20. The molecule has 2 nitrogen and oxygen atoms in total. The highest BCUT2D eigenvalue weighted by Crippen LogP contribution is 2.06. The van der Waals surface area contributed by atoms with Crippen molar-refractivity contribution in [3.8, 4) is 0 Å². The summed E-state index contributed by atoms with van der Waals surface area (Å²) in [6.07, 6.45) is 0. The summed E-state index contributed by atoms with van der Waals surface area (Å²) < 4.78 is 0. The Labute approximate surface area is 71.2 Å². The molecule has 0 bridgehead atoms. The van der Waals surface area contributed by atoms with Crippen LogP contribution in [0.4, 0.5) is 0 Å². The minimum absolute atomic E-state index is 0.00926. The van der Waals surface area contributed by atoms with Crippen molar-refractivity contribution in [1.82, 2.24) is 5.32 Å². The van der Waals surface area contributed by atoms with Crippen LogP contribution in [0.3, 0.4) is 0 Å². The van der Waals surface area contributed by atoms with Gasteiger partial charge >= 0.3 is 0 Å². The van der Waals surface area contributed by atoms with E-state index in [1.54, 1.807) is 13.1 Å². The van der Waals surface area contributed by atoms with Gasteiger partial charge in [-0.05, 0) is 11.4 Å². The summed E-state index contributed by atoms with van der Waals surface area (Å²) in [5, 5.41) is 4.42. The second kappa shape index (κ2) is 5.92. The van der Waals surface area contributed by atoms with Crippen LogP contribution in [-0.4, -0.2) is 13.0 Å². The smallest absolute Gasteiger partial charge is 0.261 e. The van der Waals surface area contributed by atoms with Crippen LogP contribution < -0.4 is 5.32 Å². The van der Waals surface area contributed by atoms with Crippen molar-refractivity contribution in [2.24, 2.45) is 0 Å². The standard InChI is InChI=1S/C6H7NOS.C2H6/c1-7-6(8)5-3-2-4-9-5;1-2/h2-4H,1H3,(H,7,8);1-2H3. The number of hydrogen-bond acceptors (Lipinski definition) is 2. The molecule has 1 N–H and O–H groups in total. The number of rotatable bonds is 1. The fourth-order valence-electron chi connectivity index (χ4n) is 0.531. The van der Waals surface area contributed by atoms with Crippen LogP contribution in [0, 0.1) is 0 Å². The van der Waals surface area contributed by atoms with E-state index in [-0.39, 0.29) is 5.91 Å². The second-order valence-electron chi connectivity index (χ2n) is 1.56. The van der Waals surface area contributed by atoms with Crippen molar-refractivity contribution in [3.05, 3.63) is 22.4 Å². The first-order valence-corrected chi connectivity index (χ1v) is 4.48. The van der Waals surface area contributed by atoms with E-state index in [4.69, 9.17) is 0 Å². The number of nitrogens with one attached hydrogen (secondary N) is 1. The summed E-state index contributed by atoms with van der Waals surface area (Å²) in [6, 6.07) is 3.65. The molecule has 0 saturated carbocycles. The van der Waals surface area contributed by atoms with Crippen molar-refractivity contribution in [3.63, 3.8) is 0 Å². The van der Waals surface area contributed by atoms with Crippen molar-refractivity contribution in [2.75, 3.05) is 7.05 Å². The number of carbonyl (C=O) groups is 1. The molecule has 0 aliphatic carbocycles. The molecule has 0 atom stereocenters. The van der Waals surface area contributed by atoms with Crippen molar-refractivity contribution >= 4 is 17.2 Å². The van der Waals surface area contributed by atoms with Gasteiger partial charge in [-0.15, -0.1) is 11.3 Å². The van der Waals surface area contributed by atoms with Gasteiger partial charge in [0, 0.05) is 7.05 Å². The predicted octanol–water partition coefficient (Wildman–Crippen LogP) is 2.13. The molecule has 1 amide bonds. The summed E-state index contributed by atoms with van der Waals surface area (Å²) in [4.78, 5) is 11.5. The fraction of sp³-hybridized carbons (Fsp3) is 0.375. The number of hydrogen-bond donors (Lipinski definition) is 1. The minimum atomic E-state index is -0.00926. The highest BCUT2D eigenvalue weighted by atomic mass is 32.1. The Kier molecular flexibility index (Phi) is 5.47. The van der Waals surface area contributed by atoms with Gasteiger partial charge in [0.25, 0.3) is 5.91 Å². The number of thiophene rings is 1. The third-order valence-electron chi connectivity index (χ3n) is 0.972. The molecule has 0 aromatic carbocycles. The zero-order valence-corrected chi connectivity index (χ0v) is 7.87. The first-order chi connectivity index (χ1) is 5.34. The molecule has 62 valence electrons. The van der Waals surface area contributed by atoms with E-state index >= 15 is 0 Å². The van der Waals surface area contributed by atoms with Crippen LogP contribution in [0.1, 0.15) is 23.5 Å². The van der Waals surface area contributed by atoms with Gasteiger partial charge in [0.1, 0.15) is 0 Å².